The van der Waals surface area contributed by atoms with E-state index in [0.717, 1.165) is 0 Å². The van der Waals surface area contributed by atoms with Crippen molar-refractivity contribution in [3.05, 3.63) is 52.5 Å². The van der Waals surface area contributed by atoms with Crippen molar-refractivity contribution in [1.29, 1.82) is 5.26 Å². The molecule has 0 radical (unpaired) electrons. The molecule has 1 amide bonds. The van der Waals surface area contributed by atoms with Gasteiger partial charge in [0, 0.05) is 17.1 Å². The molecule has 150 valence electrons. The van der Waals surface area contributed by atoms with Crippen molar-refractivity contribution in [2.75, 3.05) is 11.4 Å². The van der Waals surface area contributed by atoms with Crippen LogP contribution in [0.5, 0.6) is 11.5 Å². The molecule has 0 spiro atoms. The molecule has 2 aromatic rings. The van der Waals surface area contributed by atoms with Crippen molar-refractivity contribution in [3.8, 4) is 17.6 Å². The van der Waals surface area contributed by atoms with Crippen molar-refractivity contribution < 1.29 is 22.7 Å². The van der Waals surface area contributed by atoms with Crippen LogP contribution >= 0.6 is 11.6 Å². The molecule has 2 aromatic carbocycles. The molecule has 4 rings (SSSR count). The molecule has 2 aliphatic heterocycles. The van der Waals surface area contributed by atoms with Crippen molar-refractivity contribution in [3.63, 3.8) is 0 Å². The first kappa shape index (κ1) is 19.4. The highest BCUT2D eigenvalue weighted by Gasteiger charge is 2.44. The van der Waals surface area contributed by atoms with Gasteiger partial charge in [0.05, 0.1) is 29.4 Å². The molecule has 1 fully saturated rings. The number of nitriles is 1. The molecule has 29 heavy (non-hydrogen) atoms. The summed E-state index contributed by atoms with van der Waals surface area (Å²) in [5, 5.41) is 11.8. The monoisotopic (exact) mass is 421 g/mol. The summed E-state index contributed by atoms with van der Waals surface area (Å²) in [6.07, 6.45) is -4.02. The van der Waals surface area contributed by atoms with Crippen LogP contribution in [0.25, 0.3) is 0 Å². The van der Waals surface area contributed by atoms with Gasteiger partial charge in [-0.1, -0.05) is 17.7 Å². The highest BCUT2D eigenvalue weighted by atomic mass is 35.5. The van der Waals surface area contributed by atoms with E-state index in [9.17, 15) is 23.2 Å². The largest absolute Gasteiger partial charge is 0.471 e. The fourth-order valence-electron chi connectivity index (χ4n) is 3.91. The van der Waals surface area contributed by atoms with Gasteiger partial charge < -0.3 is 15.0 Å². The van der Waals surface area contributed by atoms with E-state index in [4.69, 9.17) is 16.3 Å². The second-order valence-corrected chi connectivity index (χ2v) is 7.37. The molecular formula is C20H15ClF3N3O2. The lowest BCUT2D eigenvalue weighted by Gasteiger charge is -2.42. The van der Waals surface area contributed by atoms with E-state index in [0.29, 0.717) is 52.7 Å². The van der Waals surface area contributed by atoms with Crippen LogP contribution in [0.3, 0.4) is 0 Å². The number of ether oxygens (including phenoxy) is 1. The molecule has 2 aliphatic rings. The fourth-order valence-corrected chi connectivity index (χ4v) is 4.07. The first-order valence-corrected chi connectivity index (χ1v) is 9.31. The number of nitrogens with zero attached hydrogens (tertiary/aromatic N) is 2. The molecule has 0 saturated carbocycles. The SMILES string of the molecule is N#Cc1ccc2c(c1)Oc1ccc(Cl)cc1N1CCC[C@H](NC(=O)C(F)(F)F)[C@H]21. The summed E-state index contributed by atoms with van der Waals surface area (Å²) in [5.41, 5.74) is 1.59. The molecule has 0 aliphatic carbocycles. The Morgan fingerprint density at radius 3 is 2.76 bits per heavy atom. The third kappa shape index (κ3) is 3.58. The van der Waals surface area contributed by atoms with Crippen LogP contribution in [-0.2, 0) is 4.79 Å². The topological polar surface area (TPSA) is 65.4 Å². The molecule has 2 heterocycles. The van der Waals surface area contributed by atoms with Crippen LogP contribution in [0.1, 0.15) is 30.0 Å². The van der Waals surface area contributed by atoms with Gasteiger partial charge in [-0.2, -0.15) is 18.4 Å². The fraction of sp³-hybridized carbons (Fsp3) is 0.300. The van der Waals surface area contributed by atoms with E-state index in [1.807, 2.05) is 11.0 Å². The standard InChI is InChI=1S/C20H15ClF3N3O2/c21-12-4-6-16-15(9-12)27-7-1-2-14(26-19(28)20(22,23)24)18(27)13-5-3-11(10-25)8-17(13)29-16/h3-6,8-9,14,18H,1-2,7H2,(H,26,28)/t14-,18-/m0/s1. The summed E-state index contributed by atoms with van der Waals surface area (Å²) in [5.74, 6) is -1.12. The van der Waals surface area contributed by atoms with Crippen LogP contribution in [0, 0.1) is 11.3 Å². The molecule has 0 aromatic heterocycles. The molecule has 5 nitrogen and oxygen atoms in total. The summed E-state index contributed by atoms with van der Waals surface area (Å²) in [7, 11) is 0. The average molecular weight is 422 g/mol. The number of carbonyl (C=O) groups excluding carboxylic acids is 1. The van der Waals surface area contributed by atoms with Crippen LogP contribution in [-0.4, -0.2) is 24.7 Å². The lowest BCUT2D eigenvalue weighted by atomic mass is 9.89. The number of hydrogen-bond donors (Lipinski definition) is 1. The molecule has 1 saturated heterocycles. The predicted octanol–water partition coefficient (Wildman–Crippen LogP) is 4.71. The van der Waals surface area contributed by atoms with E-state index in [1.165, 1.54) is 0 Å². The van der Waals surface area contributed by atoms with Crippen molar-refractivity contribution >= 4 is 23.2 Å². The Kier molecular flexibility index (Phi) is 4.79. The number of piperidine rings is 1. The Labute approximate surface area is 169 Å². The van der Waals surface area contributed by atoms with Gasteiger partial charge in [-0.25, -0.2) is 0 Å². The van der Waals surface area contributed by atoms with E-state index < -0.39 is 24.2 Å². The number of benzene rings is 2. The Bertz CT molecular complexity index is 1020. The maximum Gasteiger partial charge on any atom is 0.471 e. The van der Waals surface area contributed by atoms with Crippen molar-refractivity contribution in [1.82, 2.24) is 5.32 Å². The Balaban J connectivity index is 1.85. The first-order valence-electron chi connectivity index (χ1n) is 8.93. The highest BCUT2D eigenvalue weighted by Crippen LogP contribution is 2.48. The lowest BCUT2D eigenvalue weighted by molar-refractivity contribution is -0.174. The smallest absolute Gasteiger partial charge is 0.455 e. The number of anilines is 1. The molecule has 2 atom stereocenters. The van der Waals surface area contributed by atoms with E-state index in [1.54, 1.807) is 36.4 Å². The van der Waals surface area contributed by atoms with Gasteiger partial charge in [0.15, 0.2) is 5.75 Å². The minimum atomic E-state index is -4.97. The van der Waals surface area contributed by atoms with Gasteiger partial charge >= 0.3 is 12.1 Å². The number of halogens is 4. The average Bonchev–Trinajstić information content (AvgIpc) is 2.81. The Morgan fingerprint density at radius 2 is 2.03 bits per heavy atom. The zero-order chi connectivity index (χ0) is 20.8. The summed E-state index contributed by atoms with van der Waals surface area (Å²) >= 11 is 6.16. The number of nitrogens with one attached hydrogen (secondary N) is 1. The Hall–Kier alpha value is -2.92. The summed E-state index contributed by atoms with van der Waals surface area (Å²) in [6, 6.07) is 10.5. The quantitative estimate of drug-likeness (QED) is 0.724. The number of amides is 1. The van der Waals surface area contributed by atoms with Crippen molar-refractivity contribution in [2.24, 2.45) is 0 Å². The Morgan fingerprint density at radius 1 is 1.24 bits per heavy atom. The molecule has 1 N–H and O–H groups in total. The third-order valence-electron chi connectivity index (χ3n) is 5.12. The van der Waals surface area contributed by atoms with Crippen LogP contribution in [0.15, 0.2) is 36.4 Å². The summed E-state index contributed by atoms with van der Waals surface area (Å²) in [6.45, 7) is 0.555. The maximum atomic E-state index is 12.9. The number of fused-ring (bicyclic) bond motifs is 5. The van der Waals surface area contributed by atoms with Gasteiger partial charge in [-0.3, -0.25) is 4.79 Å². The van der Waals surface area contributed by atoms with E-state index in [-0.39, 0.29) is 0 Å². The first-order chi connectivity index (χ1) is 13.8. The second kappa shape index (κ2) is 7.16. The maximum absolute atomic E-state index is 12.9. The predicted molar refractivity (Wildman–Crippen MR) is 100.0 cm³/mol. The zero-order valence-corrected chi connectivity index (χ0v) is 15.7. The normalized spacial score (nSPS) is 20.3. The number of rotatable bonds is 1. The van der Waals surface area contributed by atoms with E-state index in [2.05, 4.69) is 5.32 Å². The zero-order valence-electron chi connectivity index (χ0n) is 15.0. The summed E-state index contributed by atoms with van der Waals surface area (Å²) in [4.78, 5) is 13.6. The number of hydrogen-bond acceptors (Lipinski definition) is 4. The highest BCUT2D eigenvalue weighted by molar-refractivity contribution is 6.31. The molecule has 0 unspecified atom stereocenters. The van der Waals surface area contributed by atoms with Gasteiger partial charge in [0.1, 0.15) is 5.75 Å². The van der Waals surface area contributed by atoms with Gasteiger partial charge in [0.2, 0.25) is 0 Å². The van der Waals surface area contributed by atoms with Crippen LogP contribution in [0.4, 0.5) is 18.9 Å². The third-order valence-corrected chi connectivity index (χ3v) is 5.35. The van der Waals surface area contributed by atoms with Crippen LogP contribution in [0.2, 0.25) is 5.02 Å². The number of alkyl halides is 3. The molecule has 9 heteroatoms. The van der Waals surface area contributed by atoms with Crippen LogP contribution < -0.4 is 15.0 Å². The van der Waals surface area contributed by atoms with Gasteiger partial charge in [0.25, 0.3) is 0 Å². The minimum absolute atomic E-state index is 0.361. The lowest BCUT2D eigenvalue weighted by Crippen LogP contribution is -2.52. The second-order valence-electron chi connectivity index (χ2n) is 6.94. The van der Waals surface area contributed by atoms with Gasteiger partial charge in [-0.15, -0.1) is 0 Å². The molecular weight excluding hydrogens is 407 g/mol. The van der Waals surface area contributed by atoms with E-state index >= 15 is 0 Å². The summed E-state index contributed by atoms with van der Waals surface area (Å²) < 4.78 is 44.7. The molecule has 0 bridgehead atoms. The minimum Gasteiger partial charge on any atom is -0.455 e. The van der Waals surface area contributed by atoms with Gasteiger partial charge in [-0.05, 0) is 43.2 Å². The number of carbonyl (C=O) groups is 1. The van der Waals surface area contributed by atoms with Crippen molar-refractivity contribution in [2.45, 2.75) is 31.1 Å².